The predicted octanol–water partition coefficient (Wildman–Crippen LogP) is 4.32. The van der Waals surface area contributed by atoms with Crippen molar-refractivity contribution < 1.29 is 9.72 Å². The van der Waals surface area contributed by atoms with Gasteiger partial charge in [-0.15, -0.1) is 4.91 Å². The van der Waals surface area contributed by atoms with Gasteiger partial charge in [-0.25, -0.2) is 0 Å². The van der Waals surface area contributed by atoms with Gasteiger partial charge in [0.15, 0.2) is 0 Å². The molecule has 1 amide bonds. The molecule has 2 aromatic carbocycles. The van der Waals surface area contributed by atoms with E-state index in [1.165, 1.54) is 18.2 Å². The largest absolute Gasteiger partial charge is 0.356 e. The van der Waals surface area contributed by atoms with Gasteiger partial charge in [-0.05, 0) is 29.4 Å². The number of H-pyrrole nitrogens is 1. The van der Waals surface area contributed by atoms with E-state index < -0.39 is 10.8 Å². The zero-order valence-corrected chi connectivity index (χ0v) is 14.0. The van der Waals surface area contributed by atoms with E-state index in [-0.39, 0.29) is 17.3 Å². The molecule has 0 saturated heterocycles. The van der Waals surface area contributed by atoms with Crippen molar-refractivity contribution in [3.63, 3.8) is 0 Å². The number of fused-ring (bicyclic) bond motifs is 2. The van der Waals surface area contributed by atoms with Crippen LogP contribution in [0.25, 0.3) is 10.9 Å². The number of nitrogens with one attached hydrogen (secondary N) is 2. The molecule has 25 heavy (non-hydrogen) atoms. The normalized spacial score (nSPS) is 15.9. The molecule has 0 bridgehead atoms. The van der Waals surface area contributed by atoms with Crippen LogP contribution in [0.2, 0.25) is 0 Å². The van der Waals surface area contributed by atoms with E-state index in [1.807, 2.05) is 0 Å². The van der Waals surface area contributed by atoms with Gasteiger partial charge in [-0.2, -0.15) is 0 Å². The molecule has 1 atom stereocenters. The maximum Gasteiger partial charge on any atom is 0.269 e. The number of nitro benzene ring substituents is 1. The van der Waals surface area contributed by atoms with E-state index in [4.69, 9.17) is 0 Å². The molecule has 2 N–H and O–H groups in total. The van der Waals surface area contributed by atoms with Crippen molar-refractivity contribution >= 4 is 49.8 Å². The van der Waals surface area contributed by atoms with E-state index in [9.17, 15) is 19.8 Å². The fourth-order valence-electron chi connectivity index (χ4n) is 3.13. The summed E-state index contributed by atoms with van der Waals surface area (Å²) in [6.07, 6.45) is 0. The molecule has 2 heterocycles. The van der Waals surface area contributed by atoms with E-state index in [2.05, 4.69) is 31.4 Å². The lowest BCUT2D eigenvalue weighted by atomic mass is 9.95. The number of carbonyl (C=O) groups is 1. The first-order valence-corrected chi connectivity index (χ1v) is 8.02. The van der Waals surface area contributed by atoms with Crippen LogP contribution in [0.15, 0.2) is 46.0 Å². The standard InChI is InChI=1S/C16H9BrN4O4/c17-7-1-3-12-10(5-7)14(20-23)15(18-12)13-9-6-8(21(24)25)2-4-11(9)19-16(13)22/h1-6,13,18H,(H,19,22). The van der Waals surface area contributed by atoms with Gasteiger partial charge in [-0.1, -0.05) is 15.9 Å². The van der Waals surface area contributed by atoms with Gasteiger partial charge in [0.25, 0.3) is 5.69 Å². The van der Waals surface area contributed by atoms with Crippen molar-refractivity contribution in [2.24, 2.45) is 5.18 Å². The summed E-state index contributed by atoms with van der Waals surface area (Å²) >= 11 is 3.34. The van der Waals surface area contributed by atoms with Crippen LogP contribution in [-0.4, -0.2) is 15.8 Å². The van der Waals surface area contributed by atoms with Crippen molar-refractivity contribution in [3.05, 3.63) is 67.1 Å². The monoisotopic (exact) mass is 400 g/mol. The SMILES string of the molecule is O=Nc1c(C2C(=O)Nc3ccc([N+](=O)[O-])cc32)[nH]c2ccc(Br)cc12. The lowest BCUT2D eigenvalue weighted by Crippen LogP contribution is -2.13. The highest BCUT2D eigenvalue weighted by Crippen LogP contribution is 2.44. The number of aromatic amines is 1. The van der Waals surface area contributed by atoms with Crippen LogP contribution < -0.4 is 5.32 Å². The number of halogens is 1. The van der Waals surface area contributed by atoms with Crippen LogP contribution in [0.1, 0.15) is 17.2 Å². The Labute approximate surface area is 148 Å². The summed E-state index contributed by atoms with van der Waals surface area (Å²) < 4.78 is 0.766. The number of aromatic nitrogens is 1. The quantitative estimate of drug-likeness (QED) is 0.386. The van der Waals surface area contributed by atoms with Gasteiger partial charge in [0.2, 0.25) is 5.91 Å². The number of carbonyl (C=O) groups excluding carboxylic acids is 1. The van der Waals surface area contributed by atoms with Crippen LogP contribution in [-0.2, 0) is 4.79 Å². The molecule has 1 aromatic heterocycles. The second-order valence-electron chi connectivity index (χ2n) is 5.62. The Kier molecular flexibility index (Phi) is 3.39. The molecule has 1 unspecified atom stereocenters. The second kappa shape index (κ2) is 5.49. The molecule has 0 fully saturated rings. The maximum atomic E-state index is 12.5. The number of amides is 1. The average molecular weight is 401 g/mol. The molecule has 4 rings (SSSR count). The Morgan fingerprint density at radius 3 is 2.72 bits per heavy atom. The number of nitro groups is 1. The van der Waals surface area contributed by atoms with Crippen molar-refractivity contribution in [3.8, 4) is 0 Å². The van der Waals surface area contributed by atoms with Gasteiger partial charge in [0.05, 0.1) is 10.6 Å². The first kappa shape index (κ1) is 15.5. The summed E-state index contributed by atoms with van der Waals surface area (Å²) in [5, 5.41) is 17.4. The van der Waals surface area contributed by atoms with Crippen LogP contribution in [0, 0.1) is 15.0 Å². The molecule has 1 aliphatic rings. The third-order valence-electron chi connectivity index (χ3n) is 4.22. The average Bonchev–Trinajstić information content (AvgIpc) is 3.09. The summed E-state index contributed by atoms with van der Waals surface area (Å²) in [6, 6.07) is 9.44. The number of hydrogen-bond acceptors (Lipinski definition) is 5. The zero-order valence-electron chi connectivity index (χ0n) is 12.4. The molecule has 124 valence electrons. The molecule has 0 aliphatic carbocycles. The second-order valence-corrected chi connectivity index (χ2v) is 6.54. The molecular formula is C16H9BrN4O4. The molecule has 8 nitrogen and oxygen atoms in total. The number of nitroso groups, excluding NO2 is 1. The highest BCUT2D eigenvalue weighted by molar-refractivity contribution is 9.10. The summed E-state index contributed by atoms with van der Waals surface area (Å²) in [6.45, 7) is 0. The van der Waals surface area contributed by atoms with Crippen molar-refractivity contribution in [1.29, 1.82) is 0 Å². The zero-order chi connectivity index (χ0) is 17.7. The highest BCUT2D eigenvalue weighted by atomic mass is 79.9. The smallest absolute Gasteiger partial charge is 0.269 e. The Bertz CT molecular complexity index is 1080. The number of rotatable bonds is 3. The third kappa shape index (κ3) is 2.31. The molecule has 0 saturated carbocycles. The van der Waals surface area contributed by atoms with Crippen LogP contribution in [0.5, 0.6) is 0 Å². The number of hydrogen-bond donors (Lipinski definition) is 2. The minimum Gasteiger partial charge on any atom is -0.356 e. The number of non-ortho nitro benzene ring substituents is 1. The molecule has 9 heteroatoms. The van der Waals surface area contributed by atoms with E-state index in [1.54, 1.807) is 18.2 Å². The lowest BCUT2D eigenvalue weighted by Gasteiger charge is -2.07. The number of anilines is 1. The lowest BCUT2D eigenvalue weighted by molar-refractivity contribution is -0.384. The maximum absolute atomic E-state index is 12.5. The number of nitrogens with zero attached hydrogens (tertiary/aromatic N) is 2. The van der Waals surface area contributed by atoms with Crippen LogP contribution in [0.3, 0.4) is 0 Å². The van der Waals surface area contributed by atoms with Crippen molar-refractivity contribution in [2.45, 2.75) is 5.92 Å². The molecule has 3 aromatic rings. The third-order valence-corrected chi connectivity index (χ3v) is 4.71. The van der Waals surface area contributed by atoms with E-state index in [0.29, 0.717) is 27.8 Å². The Hall–Kier alpha value is -3.07. The van der Waals surface area contributed by atoms with Gasteiger partial charge >= 0.3 is 0 Å². The Balaban J connectivity index is 1.96. The Morgan fingerprint density at radius 1 is 1.20 bits per heavy atom. The van der Waals surface area contributed by atoms with Gasteiger partial charge in [0, 0.05) is 38.8 Å². The Morgan fingerprint density at radius 2 is 2.00 bits per heavy atom. The van der Waals surface area contributed by atoms with E-state index >= 15 is 0 Å². The minimum atomic E-state index is -0.867. The first-order valence-electron chi connectivity index (χ1n) is 7.23. The minimum absolute atomic E-state index is 0.121. The van der Waals surface area contributed by atoms with Gasteiger partial charge < -0.3 is 10.3 Å². The summed E-state index contributed by atoms with van der Waals surface area (Å²) in [5.41, 5.74) is 1.89. The van der Waals surface area contributed by atoms with E-state index in [0.717, 1.165) is 4.47 Å². The van der Waals surface area contributed by atoms with Gasteiger partial charge in [-0.3, -0.25) is 14.9 Å². The topological polar surface area (TPSA) is 117 Å². The molecule has 1 aliphatic heterocycles. The first-order chi connectivity index (χ1) is 12.0. The predicted molar refractivity (Wildman–Crippen MR) is 95.0 cm³/mol. The summed E-state index contributed by atoms with van der Waals surface area (Å²) in [4.78, 5) is 37.5. The number of benzene rings is 2. The fourth-order valence-corrected chi connectivity index (χ4v) is 3.49. The van der Waals surface area contributed by atoms with Gasteiger partial charge in [0.1, 0.15) is 11.6 Å². The molecule has 0 radical (unpaired) electrons. The molecular weight excluding hydrogens is 392 g/mol. The van der Waals surface area contributed by atoms with Crippen molar-refractivity contribution in [1.82, 2.24) is 4.98 Å². The fraction of sp³-hybridized carbons (Fsp3) is 0.0625. The van der Waals surface area contributed by atoms with Crippen LogP contribution in [0.4, 0.5) is 17.1 Å². The highest BCUT2D eigenvalue weighted by Gasteiger charge is 2.37. The summed E-state index contributed by atoms with van der Waals surface area (Å²) in [5.74, 6) is -1.24. The van der Waals surface area contributed by atoms with Crippen molar-refractivity contribution in [2.75, 3.05) is 5.32 Å². The summed E-state index contributed by atoms with van der Waals surface area (Å²) in [7, 11) is 0. The van der Waals surface area contributed by atoms with Crippen LogP contribution >= 0.6 is 15.9 Å². The molecule has 0 spiro atoms.